The molecule has 0 aliphatic rings. The zero-order valence-electron chi connectivity index (χ0n) is 15.8. The van der Waals surface area contributed by atoms with Gasteiger partial charge in [-0.15, -0.1) is 0 Å². The molecule has 0 fully saturated rings. The molecular weight excluding hydrogens is 352 g/mol. The van der Waals surface area contributed by atoms with E-state index >= 15 is 0 Å². The van der Waals surface area contributed by atoms with Crippen LogP contribution < -0.4 is 15.8 Å². The van der Waals surface area contributed by atoms with Crippen LogP contribution in [0, 0.1) is 5.41 Å². The Labute approximate surface area is 163 Å². The Bertz CT molecular complexity index is 1030. The number of nitrogens with zero attached hydrogens (tertiary/aromatic N) is 1. The second-order valence-electron chi connectivity index (χ2n) is 6.39. The van der Waals surface area contributed by atoms with Crippen molar-refractivity contribution in [2.45, 2.75) is 13.5 Å². The number of hydrogen-bond acceptors (Lipinski definition) is 5. The Morgan fingerprint density at radius 1 is 1.14 bits per heavy atom. The van der Waals surface area contributed by atoms with Gasteiger partial charge in [-0.1, -0.05) is 18.2 Å². The lowest BCUT2D eigenvalue weighted by Gasteiger charge is -2.10. The van der Waals surface area contributed by atoms with Crippen LogP contribution in [0.5, 0.6) is 5.75 Å². The highest BCUT2D eigenvalue weighted by atomic mass is 16.5. The summed E-state index contributed by atoms with van der Waals surface area (Å²) in [6.45, 7) is 2.07. The number of carbonyl (C=O) groups is 1. The lowest BCUT2D eigenvalue weighted by molar-refractivity contribution is 0.0946. The summed E-state index contributed by atoms with van der Waals surface area (Å²) >= 11 is 0. The molecule has 1 amide bonds. The van der Waals surface area contributed by atoms with E-state index in [-0.39, 0.29) is 5.91 Å². The first-order chi connectivity index (χ1) is 13.5. The third-order valence-electron chi connectivity index (χ3n) is 4.37. The number of methoxy groups -OCH3 is 1. The average molecular weight is 374 g/mol. The van der Waals surface area contributed by atoms with E-state index in [4.69, 9.17) is 15.9 Å². The van der Waals surface area contributed by atoms with Crippen LogP contribution in [-0.4, -0.2) is 23.7 Å². The van der Waals surface area contributed by atoms with Crippen molar-refractivity contribution in [3.63, 3.8) is 0 Å². The molecule has 6 nitrogen and oxygen atoms in total. The number of rotatable bonds is 6. The first kappa shape index (κ1) is 19.1. The molecule has 0 saturated heterocycles. The van der Waals surface area contributed by atoms with Crippen LogP contribution in [-0.2, 0) is 6.54 Å². The highest BCUT2D eigenvalue weighted by Gasteiger charge is 2.10. The number of carbonyl (C=O) groups excluding carboxylic acids is 1. The molecule has 1 heterocycles. The molecule has 0 atom stereocenters. The number of nitrogen functional groups attached to an aromatic ring is 1. The zero-order valence-corrected chi connectivity index (χ0v) is 15.8. The number of benzene rings is 2. The monoisotopic (exact) mass is 374 g/mol. The molecule has 28 heavy (non-hydrogen) atoms. The Morgan fingerprint density at radius 2 is 1.93 bits per heavy atom. The second-order valence-corrected chi connectivity index (χ2v) is 6.39. The summed E-state index contributed by atoms with van der Waals surface area (Å²) in [5, 5.41) is 10.7. The van der Waals surface area contributed by atoms with Crippen molar-refractivity contribution in [1.82, 2.24) is 10.3 Å². The van der Waals surface area contributed by atoms with E-state index in [1.54, 1.807) is 32.4 Å². The third-order valence-corrected chi connectivity index (χ3v) is 4.37. The number of amides is 1. The molecule has 3 rings (SSSR count). The standard InChI is InChI=1S/C22H22N4O2/c1-14(23)19-11-16(6-7-20(19)24)17-8-9-25-21(12-17)22(27)26-13-15-4-3-5-18(10-15)28-2/h3-12,23H,13,24H2,1-2H3,(H,26,27). The van der Waals surface area contributed by atoms with Crippen LogP contribution in [0.1, 0.15) is 28.5 Å². The molecule has 3 aromatic rings. The van der Waals surface area contributed by atoms with E-state index in [1.807, 2.05) is 42.5 Å². The molecule has 0 bridgehead atoms. The number of pyridine rings is 1. The summed E-state index contributed by atoms with van der Waals surface area (Å²) < 4.78 is 5.20. The zero-order chi connectivity index (χ0) is 20.1. The predicted octanol–water partition coefficient (Wildman–Crippen LogP) is 3.66. The number of anilines is 1. The van der Waals surface area contributed by atoms with Gasteiger partial charge < -0.3 is 21.2 Å². The fraction of sp³-hybridized carbons (Fsp3) is 0.136. The lowest BCUT2D eigenvalue weighted by Crippen LogP contribution is -2.23. The molecule has 0 aliphatic heterocycles. The van der Waals surface area contributed by atoms with Crippen LogP contribution in [0.4, 0.5) is 5.69 Å². The molecular formula is C22H22N4O2. The smallest absolute Gasteiger partial charge is 0.270 e. The molecule has 6 heteroatoms. The molecule has 0 saturated carbocycles. The van der Waals surface area contributed by atoms with Crippen molar-refractivity contribution in [1.29, 1.82) is 5.41 Å². The number of hydrogen-bond donors (Lipinski definition) is 3. The summed E-state index contributed by atoms with van der Waals surface area (Å²) in [4.78, 5) is 16.7. The Balaban J connectivity index is 1.78. The van der Waals surface area contributed by atoms with Crippen molar-refractivity contribution in [3.05, 3.63) is 77.6 Å². The summed E-state index contributed by atoms with van der Waals surface area (Å²) in [6, 6.07) is 16.6. The summed E-state index contributed by atoms with van der Waals surface area (Å²) in [7, 11) is 1.61. The molecule has 0 aliphatic carbocycles. The largest absolute Gasteiger partial charge is 0.497 e. The van der Waals surface area contributed by atoms with E-state index in [1.165, 1.54) is 0 Å². The molecule has 0 spiro atoms. The molecule has 2 aromatic carbocycles. The maximum absolute atomic E-state index is 12.5. The van der Waals surface area contributed by atoms with Crippen LogP contribution in [0.2, 0.25) is 0 Å². The van der Waals surface area contributed by atoms with Gasteiger partial charge in [0.15, 0.2) is 0 Å². The van der Waals surface area contributed by atoms with Gasteiger partial charge in [0.1, 0.15) is 11.4 Å². The minimum atomic E-state index is -0.261. The molecule has 1 aromatic heterocycles. The van der Waals surface area contributed by atoms with Crippen molar-refractivity contribution in [2.75, 3.05) is 12.8 Å². The Kier molecular flexibility index (Phi) is 5.69. The Hall–Kier alpha value is -3.67. The normalized spacial score (nSPS) is 10.4. The van der Waals surface area contributed by atoms with Gasteiger partial charge in [-0.25, -0.2) is 0 Å². The van der Waals surface area contributed by atoms with Crippen molar-refractivity contribution < 1.29 is 9.53 Å². The van der Waals surface area contributed by atoms with Gasteiger partial charge in [0.25, 0.3) is 5.91 Å². The molecule has 142 valence electrons. The van der Waals surface area contributed by atoms with Crippen LogP contribution >= 0.6 is 0 Å². The molecule has 0 radical (unpaired) electrons. The number of nitrogens with one attached hydrogen (secondary N) is 2. The van der Waals surface area contributed by atoms with Gasteiger partial charge in [-0.2, -0.15) is 0 Å². The number of aromatic nitrogens is 1. The van der Waals surface area contributed by atoms with Gasteiger partial charge in [0.05, 0.1) is 7.11 Å². The highest BCUT2D eigenvalue weighted by molar-refractivity contribution is 6.02. The van der Waals surface area contributed by atoms with Crippen LogP contribution in [0.25, 0.3) is 11.1 Å². The first-order valence-electron chi connectivity index (χ1n) is 8.80. The predicted molar refractivity (Wildman–Crippen MR) is 111 cm³/mol. The average Bonchev–Trinajstić information content (AvgIpc) is 2.72. The second kappa shape index (κ2) is 8.35. The minimum absolute atomic E-state index is 0.261. The van der Waals surface area contributed by atoms with Gasteiger partial charge in [0, 0.05) is 29.7 Å². The van der Waals surface area contributed by atoms with E-state index in [2.05, 4.69) is 10.3 Å². The summed E-state index contributed by atoms with van der Waals surface area (Å²) in [5.74, 6) is 0.482. The van der Waals surface area contributed by atoms with Gasteiger partial charge in [-0.3, -0.25) is 9.78 Å². The van der Waals surface area contributed by atoms with Crippen molar-refractivity contribution in [2.24, 2.45) is 0 Å². The van der Waals surface area contributed by atoms with Crippen molar-refractivity contribution in [3.8, 4) is 16.9 Å². The van der Waals surface area contributed by atoms with Gasteiger partial charge >= 0.3 is 0 Å². The highest BCUT2D eigenvalue weighted by Crippen LogP contribution is 2.24. The number of ether oxygens (including phenoxy) is 1. The first-order valence-corrected chi connectivity index (χ1v) is 8.80. The van der Waals surface area contributed by atoms with Crippen molar-refractivity contribution >= 4 is 17.3 Å². The molecule has 0 unspecified atom stereocenters. The molecule has 4 N–H and O–H groups in total. The van der Waals surface area contributed by atoms with Crippen LogP contribution in [0.3, 0.4) is 0 Å². The van der Waals surface area contributed by atoms with E-state index in [9.17, 15) is 4.79 Å². The Morgan fingerprint density at radius 3 is 2.68 bits per heavy atom. The summed E-state index contributed by atoms with van der Waals surface area (Å²) in [6.07, 6.45) is 1.60. The van der Waals surface area contributed by atoms with Crippen LogP contribution in [0.15, 0.2) is 60.8 Å². The quantitative estimate of drug-likeness (QED) is 0.453. The number of nitrogens with two attached hydrogens (primary N) is 1. The topological polar surface area (TPSA) is 101 Å². The van der Waals surface area contributed by atoms with Gasteiger partial charge in [-0.05, 0) is 60.0 Å². The lowest BCUT2D eigenvalue weighted by atomic mass is 10.00. The minimum Gasteiger partial charge on any atom is -0.497 e. The van der Waals surface area contributed by atoms with Gasteiger partial charge in [0.2, 0.25) is 0 Å². The van der Waals surface area contributed by atoms with E-state index < -0.39 is 0 Å². The maximum Gasteiger partial charge on any atom is 0.270 e. The SMILES string of the molecule is COc1cccc(CNC(=O)c2cc(-c3ccc(N)c(C(C)=N)c3)ccn2)c1. The summed E-state index contributed by atoms with van der Waals surface area (Å²) in [5.41, 5.74) is 10.5. The fourth-order valence-electron chi connectivity index (χ4n) is 2.85. The van der Waals surface area contributed by atoms with E-state index in [0.717, 1.165) is 22.4 Å². The fourth-order valence-corrected chi connectivity index (χ4v) is 2.85. The maximum atomic E-state index is 12.5. The third kappa shape index (κ3) is 4.35. The van der Waals surface area contributed by atoms with E-state index in [0.29, 0.717) is 29.2 Å².